The van der Waals surface area contributed by atoms with Crippen molar-refractivity contribution < 1.29 is 4.79 Å². The lowest BCUT2D eigenvalue weighted by molar-refractivity contribution is 0.0913. The van der Waals surface area contributed by atoms with Crippen LogP contribution in [0, 0.1) is 18.8 Å². The monoisotopic (exact) mass is 490 g/mol. The fourth-order valence-electron chi connectivity index (χ4n) is 3.14. The SMILES string of the molecule is Cc1c(C(=O)NC(C)(C)C)nn(-c2ccc(C#CCN)cc2Cl)c1-c1ccc(Cl)cc1.Cl. The summed E-state index contributed by atoms with van der Waals surface area (Å²) in [5, 5.41) is 8.71. The quantitative estimate of drug-likeness (QED) is 0.481. The van der Waals surface area contributed by atoms with Crippen molar-refractivity contribution in [3.8, 4) is 28.8 Å². The average Bonchev–Trinajstić information content (AvgIpc) is 3.03. The molecule has 32 heavy (non-hydrogen) atoms. The topological polar surface area (TPSA) is 72.9 Å². The molecule has 0 aliphatic heterocycles. The number of nitrogens with zero attached hydrogens (tertiary/aromatic N) is 2. The summed E-state index contributed by atoms with van der Waals surface area (Å²) >= 11 is 12.7. The third-order valence-electron chi connectivity index (χ3n) is 4.45. The molecule has 0 bridgehead atoms. The molecule has 0 atom stereocenters. The number of rotatable bonds is 3. The Balaban J connectivity index is 0.00000363. The van der Waals surface area contributed by atoms with Crippen LogP contribution in [0.5, 0.6) is 0 Å². The highest BCUT2D eigenvalue weighted by Gasteiger charge is 2.25. The van der Waals surface area contributed by atoms with Crippen molar-refractivity contribution in [3.63, 3.8) is 0 Å². The highest BCUT2D eigenvalue weighted by atomic mass is 35.5. The van der Waals surface area contributed by atoms with Gasteiger partial charge in [0, 0.05) is 27.3 Å². The number of nitrogens with one attached hydrogen (secondary N) is 1. The number of aromatic nitrogens is 2. The summed E-state index contributed by atoms with van der Waals surface area (Å²) in [6.45, 7) is 7.92. The van der Waals surface area contributed by atoms with E-state index in [1.165, 1.54) is 0 Å². The van der Waals surface area contributed by atoms with Crippen molar-refractivity contribution in [1.82, 2.24) is 15.1 Å². The van der Waals surface area contributed by atoms with E-state index in [-0.39, 0.29) is 24.9 Å². The first-order valence-electron chi connectivity index (χ1n) is 9.77. The number of nitrogens with two attached hydrogens (primary N) is 1. The van der Waals surface area contributed by atoms with Crippen LogP contribution in [0.3, 0.4) is 0 Å². The molecule has 1 aromatic heterocycles. The third kappa shape index (κ3) is 5.85. The normalized spacial score (nSPS) is 10.7. The molecule has 3 aromatic rings. The molecule has 8 heteroatoms. The number of halogens is 3. The van der Waals surface area contributed by atoms with Gasteiger partial charge in [-0.05, 0) is 58.0 Å². The second-order valence-corrected chi connectivity index (χ2v) is 8.96. The Morgan fingerprint density at radius 3 is 2.38 bits per heavy atom. The molecule has 168 valence electrons. The van der Waals surface area contributed by atoms with Gasteiger partial charge < -0.3 is 11.1 Å². The number of benzene rings is 2. The molecular weight excluding hydrogens is 467 g/mol. The number of hydrogen-bond acceptors (Lipinski definition) is 3. The second-order valence-electron chi connectivity index (χ2n) is 8.12. The van der Waals surface area contributed by atoms with Gasteiger partial charge in [-0.2, -0.15) is 5.10 Å². The zero-order chi connectivity index (χ0) is 22.8. The highest BCUT2D eigenvalue weighted by molar-refractivity contribution is 6.32. The number of carbonyl (C=O) groups is 1. The smallest absolute Gasteiger partial charge is 0.272 e. The van der Waals surface area contributed by atoms with Gasteiger partial charge in [-0.1, -0.05) is 47.2 Å². The summed E-state index contributed by atoms with van der Waals surface area (Å²) in [6.07, 6.45) is 0. The van der Waals surface area contributed by atoms with Gasteiger partial charge in [0.15, 0.2) is 5.69 Å². The minimum absolute atomic E-state index is 0. The Morgan fingerprint density at radius 2 is 1.81 bits per heavy atom. The van der Waals surface area contributed by atoms with E-state index in [1.54, 1.807) is 22.9 Å². The largest absolute Gasteiger partial charge is 0.346 e. The van der Waals surface area contributed by atoms with E-state index in [0.717, 1.165) is 22.4 Å². The summed E-state index contributed by atoms with van der Waals surface area (Å²) in [5.74, 6) is 5.53. The van der Waals surface area contributed by atoms with E-state index in [0.29, 0.717) is 21.4 Å². The minimum Gasteiger partial charge on any atom is -0.346 e. The summed E-state index contributed by atoms with van der Waals surface area (Å²) in [6, 6.07) is 12.8. The van der Waals surface area contributed by atoms with Crippen LogP contribution in [0.25, 0.3) is 16.9 Å². The average molecular weight is 492 g/mol. The Morgan fingerprint density at radius 1 is 1.16 bits per heavy atom. The first-order chi connectivity index (χ1) is 14.6. The Bertz CT molecular complexity index is 1180. The van der Waals surface area contributed by atoms with Gasteiger partial charge in [0.05, 0.1) is 22.9 Å². The van der Waals surface area contributed by atoms with Gasteiger partial charge >= 0.3 is 0 Å². The molecular formula is C24H25Cl3N4O. The Hall–Kier alpha value is -2.49. The van der Waals surface area contributed by atoms with Crippen molar-refractivity contribution in [3.05, 3.63) is 69.3 Å². The van der Waals surface area contributed by atoms with Crippen LogP contribution < -0.4 is 11.1 Å². The molecule has 0 fully saturated rings. The fraction of sp³-hybridized carbons (Fsp3) is 0.250. The molecule has 3 rings (SSSR count). The molecule has 0 saturated heterocycles. The predicted molar refractivity (Wildman–Crippen MR) is 134 cm³/mol. The molecule has 2 aromatic carbocycles. The van der Waals surface area contributed by atoms with E-state index in [1.807, 2.05) is 52.0 Å². The standard InChI is InChI=1S/C24H24Cl2N4O.ClH/c1-15-21(23(31)28-24(2,3)4)29-30(22(15)17-8-10-18(25)11-9-17)20-12-7-16(6-5-13-27)14-19(20)26;/h7-12,14H,13,27H2,1-4H3,(H,28,31);1H. The van der Waals surface area contributed by atoms with E-state index >= 15 is 0 Å². The molecule has 0 saturated carbocycles. The van der Waals surface area contributed by atoms with Crippen molar-refractivity contribution in [2.75, 3.05) is 6.54 Å². The van der Waals surface area contributed by atoms with Crippen LogP contribution in [-0.4, -0.2) is 27.8 Å². The molecule has 3 N–H and O–H groups in total. The molecule has 1 amide bonds. The molecule has 0 radical (unpaired) electrons. The second kappa shape index (κ2) is 10.4. The summed E-state index contributed by atoms with van der Waals surface area (Å²) in [5.41, 5.74) is 9.16. The molecule has 0 unspecified atom stereocenters. The van der Waals surface area contributed by atoms with Crippen LogP contribution >= 0.6 is 35.6 Å². The van der Waals surface area contributed by atoms with Gasteiger partial charge in [-0.3, -0.25) is 4.79 Å². The van der Waals surface area contributed by atoms with E-state index in [9.17, 15) is 4.79 Å². The van der Waals surface area contributed by atoms with Crippen LogP contribution in [-0.2, 0) is 0 Å². The molecule has 5 nitrogen and oxygen atoms in total. The lowest BCUT2D eigenvalue weighted by Gasteiger charge is -2.19. The first kappa shape index (κ1) is 25.8. The predicted octanol–water partition coefficient (Wildman–Crippen LogP) is 5.41. The van der Waals surface area contributed by atoms with Crippen molar-refractivity contribution in [2.45, 2.75) is 33.2 Å². The van der Waals surface area contributed by atoms with Gasteiger partial charge in [-0.25, -0.2) is 4.68 Å². The third-order valence-corrected chi connectivity index (χ3v) is 5.01. The van der Waals surface area contributed by atoms with Crippen LogP contribution in [0.1, 0.15) is 42.4 Å². The minimum atomic E-state index is -0.394. The van der Waals surface area contributed by atoms with E-state index in [4.69, 9.17) is 28.9 Å². The summed E-state index contributed by atoms with van der Waals surface area (Å²) in [7, 11) is 0. The Labute approximate surface area is 204 Å². The van der Waals surface area contributed by atoms with Gasteiger partial charge in [-0.15, -0.1) is 12.4 Å². The van der Waals surface area contributed by atoms with Crippen LogP contribution in [0.15, 0.2) is 42.5 Å². The zero-order valence-electron chi connectivity index (χ0n) is 18.3. The maximum atomic E-state index is 12.9. The molecule has 0 aliphatic rings. The Kier molecular flexibility index (Phi) is 8.39. The van der Waals surface area contributed by atoms with Gasteiger partial charge in [0.2, 0.25) is 0 Å². The lowest BCUT2D eigenvalue weighted by atomic mass is 10.0. The van der Waals surface area contributed by atoms with E-state index in [2.05, 4.69) is 22.3 Å². The van der Waals surface area contributed by atoms with Crippen molar-refractivity contribution in [1.29, 1.82) is 0 Å². The summed E-state index contributed by atoms with van der Waals surface area (Å²) in [4.78, 5) is 12.9. The van der Waals surface area contributed by atoms with Crippen molar-refractivity contribution in [2.24, 2.45) is 5.73 Å². The van der Waals surface area contributed by atoms with Crippen LogP contribution in [0.2, 0.25) is 10.0 Å². The first-order valence-corrected chi connectivity index (χ1v) is 10.5. The fourth-order valence-corrected chi connectivity index (χ4v) is 3.53. The van der Waals surface area contributed by atoms with Gasteiger partial charge in [0.1, 0.15) is 0 Å². The lowest BCUT2D eigenvalue weighted by Crippen LogP contribution is -2.41. The van der Waals surface area contributed by atoms with E-state index < -0.39 is 5.54 Å². The molecule has 0 aliphatic carbocycles. The number of amides is 1. The molecule has 1 heterocycles. The highest BCUT2D eigenvalue weighted by Crippen LogP contribution is 2.32. The molecule has 0 spiro atoms. The van der Waals surface area contributed by atoms with Crippen LogP contribution in [0.4, 0.5) is 0 Å². The zero-order valence-corrected chi connectivity index (χ0v) is 20.6. The van der Waals surface area contributed by atoms with Gasteiger partial charge in [0.25, 0.3) is 5.91 Å². The number of hydrogen-bond donors (Lipinski definition) is 2. The number of carbonyl (C=O) groups excluding carboxylic acids is 1. The summed E-state index contributed by atoms with van der Waals surface area (Å²) < 4.78 is 1.69. The maximum absolute atomic E-state index is 12.9. The maximum Gasteiger partial charge on any atom is 0.272 e. The van der Waals surface area contributed by atoms with Crippen molar-refractivity contribution >= 4 is 41.5 Å².